The molecule has 0 spiro atoms. The van der Waals surface area contributed by atoms with Crippen molar-refractivity contribution in [3.8, 4) is 0 Å². The van der Waals surface area contributed by atoms with Crippen LogP contribution < -0.4 is 5.32 Å². The van der Waals surface area contributed by atoms with Crippen molar-refractivity contribution in [2.75, 3.05) is 19.4 Å². The lowest BCUT2D eigenvalue weighted by atomic mass is 10.2. The Morgan fingerprint density at radius 3 is 2.54 bits per heavy atom. The number of sulfone groups is 1. The van der Waals surface area contributed by atoms with Gasteiger partial charge in [-0.2, -0.15) is 0 Å². The van der Waals surface area contributed by atoms with Crippen LogP contribution in [0.2, 0.25) is 0 Å². The van der Waals surface area contributed by atoms with Gasteiger partial charge in [0.25, 0.3) is 11.6 Å². The number of carbonyl (C=O) groups excluding carboxylic acids is 2. The van der Waals surface area contributed by atoms with Gasteiger partial charge in [0, 0.05) is 30.9 Å². The van der Waals surface area contributed by atoms with Gasteiger partial charge in [-0.25, -0.2) is 8.42 Å². The molecule has 0 aliphatic rings. The summed E-state index contributed by atoms with van der Waals surface area (Å²) in [6.07, 6.45) is 1.35. The predicted molar refractivity (Wildman–Crippen MR) is 84.4 cm³/mol. The van der Waals surface area contributed by atoms with Crippen LogP contribution in [0.5, 0.6) is 0 Å². The highest BCUT2D eigenvalue weighted by Crippen LogP contribution is 2.24. The number of ether oxygens (including phenoxy) is 1. The van der Waals surface area contributed by atoms with E-state index in [1.54, 1.807) is 6.92 Å². The van der Waals surface area contributed by atoms with E-state index in [4.69, 9.17) is 4.74 Å². The number of carbonyl (C=O) groups is 2. The molecule has 1 N–H and O–H groups in total. The SMILES string of the molecule is CCOC(=O)CCCNC(=O)c1ccc(S(C)(=O)=O)c([N+](=O)[O-])c1. The van der Waals surface area contributed by atoms with Crippen LogP contribution in [0.25, 0.3) is 0 Å². The molecule has 24 heavy (non-hydrogen) atoms. The maximum Gasteiger partial charge on any atom is 0.305 e. The van der Waals surface area contributed by atoms with Crippen LogP contribution >= 0.6 is 0 Å². The number of rotatable bonds is 8. The third-order valence-corrected chi connectivity index (χ3v) is 4.11. The summed E-state index contributed by atoms with van der Waals surface area (Å²) in [6, 6.07) is 3.14. The van der Waals surface area contributed by atoms with Crippen molar-refractivity contribution >= 4 is 27.4 Å². The van der Waals surface area contributed by atoms with Gasteiger partial charge in [0.1, 0.15) is 4.90 Å². The minimum Gasteiger partial charge on any atom is -0.466 e. The number of esters is 1. The maximum atomic E-state index is 12.0. The third-order valence-electron chi connectivity index (χ3n) is 2.97. The van der Waals surface area contributed by atoms with E-state index >= 15 is 0 Å². The Kier molecular flexibility index (Phi) is 6.83. The van der Waals surface area contributed by atoms with Crippen LogP contribution in [0, 0.1) is 10.1 Å². The molecule has 0 fully saturated rings. The average Bonchev–Trinajstić information content (AvgIpc) is 2.50. The highest BCUT2D eigenvalue weighted by atomic mass is 32.2. The molecule has 1 aromatic rings. The molecule has 0 saturated carbocycles. The molecule has 0 unspecified atom stereocenters. The van der Waals surface area contributed by atoms with E-state index < -0.39 is 31.3 Å². The highest BCUT2D eigenvalue weighted by molar-refractivity contribution is 7.90. The van der Waals surface area contributed by atoms with Crippen molar-refractivity contribution in [3.63, 3.8) is 0 Å². The lowest BCUT2D eigenvalue weighted by molar-refractivity contribution is -0.387. The number of nitro benzene ring substituents is 1. The number of nitro groups is 1. The molecule has 0 aliphatic heterocycles. The molecule has 0 bridgehead atoms. The Labute approximate surface area is 139 Å². The number of nitrogens with one attached hydrogen (secondary N) is 1. The molecule has 10 heteroatoms. The van der Waals surface area contributed by atoms with Crippen molar-refractivity contribution in [2.45, 2.75) is 24.7 Å². The number of hydrogen-bond donors (Lipinski definition) is 1. The summed E-state index contributed by atoms with van der Waals surface area (Å²) < 4.78 is 27.8. The fourth-order valence-corrected chi connectivity index (χ4v) is 2.71. The second kappa shape index (κ2) is 8.39. The van der Waals surface area contributed by atoms with E-state index in [2.05, 4.69) is 5.32 Å². The molecule has 0 aliphatic carbocycles. The standard InChI is InChI=1S/C14H18N2O7S/c1-3-23-13(17)5-4-8-15-14(18)10-6-7-12(24(2,21)22)11(9-10)16(19)20/h6-7,9H,3-5,8H2,1-2H3,(H,15,18). The van der Waals surface area contributed by atoms with E-state index in [9.17, 15) is 28.1 Å². The summed E-state index contributed by atoms with van der Waals surface area (Å²) >= 11 is 0. The van der Waals surface area contributed by atoms with E-state index in [-0.39, 0.29) is 31.1 Å². The Morgan fingerprint density at radius 1 is 1.33 bits per heavy atom. The van der Waals surface area contributed by atoms with Crippen molar-refractivity contribution in [3.05, 3.63) is 33.9 Å². The van der Waals surface area contributed by atoms with Crippen LogP contribution in [0.3, 0.4) is 0 Å². The topological polar surface area (TPSA) is 133 Å². The van der Waals surface area contributed by atoms with E-state index in [1.807, 2.05) is 0 Å². The number of nitrogens with zero attached hydrogens (tertiary/aromatic N) is 1. The van der Waals surface area contributed by atoms with Crippen molar-refractivity contribution < 1.29 is 27.7 Å². The summed E-state index contributed by atoms with van der Waals surface area (Å²) in [4.78, 5) is 32.8. The van der Waals surface area contributed by atoms with Crippen LogP contribution in [0.15, 0.2) is 23.1 Å². The Morgan fingerprint density at radius 2 is 2.00 bits per heavy atom. The van der Waals surface area contributed by atoms with Gasteiger partial charge in [-0.15, -0.1) is 0 Å². The van der Waals surface area contributed by atoms with E-state index in [0.717, 1.165) is 18.4 Å². The zero-order valence-corrected chi connectivity index (χ0v) is 14.1. The van der Waals surface area contributed by atoms with Gasteiger partial charge in [-0.05, 0) is 25.5 Å². The van der Waals surface area contributed by atoms with Gasteiger partial charge >= 0.3 is 5.97 Å². The van der Waals surface area contributed by atoms with Crippen LogP contribution in [0.4, 0.5) is 5.69 Å². The molecule has 1 amide bonds. The first-order valence-electron chi connectivity index (χ1n) is 7.09. The molecule has 132 valence electrons. The summed E-state index contributed by atoms with van der Waals surface area (Å²) in [6.45, 7) is 2.15. The van der Waals surface area contributed by atoms with Gasteiger partial charge in [0.05, 0.1) is 11.5 Å². The first kappa shape index (κ1) is 19.6. The van der Waals surface area contributed by atoms with Crippen molar-refractivity contribution in [2.24, 2.45) is 0 Å². The predicted octanol–water partition coefficient (Wildman–Crippen LogP) is 1.07. The fraction of sp³-hybridized carbons (Fsp3) is 0.429. The van der Waals surface area contributed by atoms with Gasteiger partial charge in [-0.1, -0.05) is 0 Å². The summed E-state index contributed by atoms with van der Waals surface area (Å²) in [5.41, 5.74) is -0.693. The van der Waals surface area contributed by atoms with Crippen LogP contribution in [-0.4, -0.2) is 44.6 Å². The van der Waals surface area contributed by atoms with Gasteiger partial charge in [0.2, 0.25) is 0 Å². The van der Waals surface area contributed by atoms with Gasteiger partial charge in [-0.3, -0.25) is 19.7 Å². The molecule has 0 aromatic heterocycles. The number of hydrogen-bond acceptors (Lipinski definition) is 7. The fourth-order valence-electron chi connectivity index (χ4n) is 1.88. The minimum atomic E-state index is -3.78. The number of amides is 1. The molecule has 1 rings (SSSR count). The largest absolute Gasteiger partial charge is 0.466 e. The van der Waals surface area contributed by atoms with Crippen LogP contribution in [-0.2, 0) is 19.4 Å². The Balaban J connectivity index is 2.77. The molecule has 0 heterocycles. The van der Waals surface area contributed by atoms with Crippen molar-refractivity contribution in [1.29, 1.82) is 0 Å². The Bertz CT molecular complexity index is 743. The monoisotopic (exact) mass is 358 g/mol. The molecule has 0 radical (unpaired) electrons. The Hall–Kier alpha value is -2.49. The first-order valence-corrected chi connectivity index (χ1v) is 8.98. The number of benzene rings is 1. The molecule has 1 aromatic carbocycles. The zero-order valence-electron chi connectivity index (χ0n) is 13.3. The summed E-state index contributed by atoms with van der Waals surface area (Å²) in [5, 5.41) is 13.5. The normalized spacial score (nSPS) is 10.9. The second-order valence-corrected chi connectivity index (χ2v) is 6.86. The molecule has 9 nitrogen and oxygen atoms in total. The maximum absolute atomic E-state index is 12.0. The van der Waals surface area contributed by atoms with E-state index in [1.165, 1.54) is 6.07 Å². The van der Waals surface area contributed by atoms with Crippen molar-refractivity contribution in [1.82, 2.24) is 5.32 Å². The van der Waals surface area contributed by atoms with Crippen LogP contribution in [0.1, 0.15) is 30.1 Å². The quantitative estimate of drug-likeness (QED) is 0.318. The molecular formula is C14H18N2O7S. The lowest BCUT2D eigenvalue weighted by Gasteiger charge is -2.07. The smallest absolute Gasteiger partial charge is 0.305 e. The summed E-state index contributed by atoms with van der Waals surface area (Å²) in [7, 11) is -3.78. The molecule has 0 saturated heterocycles. The zero-order chi connectivity index (χ0) is 18.3. The molecular weight excluding hydrogens is 340 g/mol. The minimum absolute atomic E-state index is 0.0368. The van der Waals surface area contributed by atoms with Gasteiger partial charge < -0.3 is 10.1 Å². The molecule has 0 atom stereocenters. The average molecular weight is 358 g/mol. The first-order chi connectivity index (χ1) is 11.2. The van der Waals surface area contributed by atoms with E-state index in [0.29, 0.717) is 6.42 Å². The summed E-state index contributed by atoms with van der Waals surface area (Å²) in [5.74, 6) is -0.970. The third kappa shape index (κ3) is 5.61. The second-order valence-electron chi connectivity index (χ2n) is 4.88. The van der Waals surface area contributed by atoms with Gasteiger partial charge in [0.15, 0.2) is 9.84 Å². The highest BCUT2D eigenvalue weighted by Gasteiger charge is 2.23. The lowest BCUT2D eigenvalue weighted by Crippen LogP contribution is -2.25.